The molecule has 2 N–H and O–H groups in total. The largest absolute Gasteiger partial charge is 0.497 e. The minimum atomic E-state index is -1.06. The number of hydrogen-bond donors (Lipinski definition) is 2. The van der Waals surface area contributed by atoms with E-state index in [1.54, 1.807) is 32.2 Å². The highest BCUT2D eigenvalue weighted by Crippen LogP contribution is 2.24. The van der Waals surface area contributed by atoms with E-state index in [-0.39, 0.29) is 12.6 Å². The van der Waals surface area contributed by atoms with E-state index in [2.05, 4.69) is 10.6 Å². The highest BCUT2D eigenvalue weighted by atomic mass is 35.5. The Bertz CT molecular complexity index is 979. The number of ether oxygens (including phenoxy) is 1. The summed E-state index contributed by atoms with van der Waals surface area (Å²) in [5, 5.41) is 6.11. The summed E-state index contributed by atoms with van der Waals surface area (Å²) in [6, 6.07) is 13.8. The van der Waals surface area contributed by atoms with Crippen molar-refractivity contribution in [1.82, 2.24) is 15.5 Å². The molecule has 0 radical (unpaired) electrons. The smallest absolute Gasteiger partial charge is 0.325 e. The van der Waals surface area contributed by atoms with E-state index in [0.29, 0.717) is 17.9 Å². The molecule has 1 heterocycles. The van der Waals surface area contributed by atoms with Crippen molar-refractivity contribution in [2.75, 3.05) is 13.7 Å². The molecule has 1 fully saturated rings. The van der Waals surface area contributed by atoms with Crippen molar-refractivity contribution in [2.24, 2.45) is 0 Å². The van der Waals surface area contributed by atoms with Crippen LogP contribution < -0.4 is 15.4 Å². The van der Waals surface area contributed by atoms with E-state index in [4.69, 9.17) is 16.3 Å². The summed E-state index contributed by atoms with van der Waals surface area (Å²) in [5.41, 5.74) is 0.800. The first-order valence-corrected chi connectivity index (χ1v) is 10.4. The number of benzene rings is 2. The lowest BCUT2D eigenvalue weighted by atomic mass is 9.93. The number of methoxy groups -OCH3 is 1. The molecule has 2 aromatic rings. The Balaban J connectivity index is 1.58. The first-order valence-electron chi connectivity index (χ1n) is 10.0. The van der Waals surface area contributed by atoms with Crippen LogP contribution in [0.25, 0.3) is 0 Å². The van der Waals surface area contributed by atoms with Crippen LogP contribution >= 0.6 is 11.6 Å². The van der Waals surface area contributed by atoms with Gasteiger partial charge in [-0.3, -0.25) is 14.5 Å². The Labute approximate surface area is 186 Å². The van der Waals surface area contributed by atoms with Crippen LogP contribution in [0.5, 0.6) is 5.75 Å². The maximum Gasteiger partial charge on any atom is 0.325 e. The van der Waals surface area contributed by atoms with Gasteiger partial charge < -0.3 is 15.4 Å². The van der Waals surface area contributed by atoms with Crippen LogP contribution in [0.4, 0.5) is 4.79 Å². The van der Waals surface area contributed by atoms with Gasteiger partial charge in [-0.15, -0.1) is 0 Å². The van der Waals surface area contributed by atoms with Gasteiger partial charge in [-0.05, 0) is 62.1 Å². The Hall–Kier alpha value is -3.06. The van der Waals surface area contributed by atoms with Gasteiger partial charge in [0.2, 0.25) is 5.91 Å². The first-order chi connectivity index (χ1) is 14.7. The van der Waals surface area contributed by atoms with E-state index in [0.717, 1.165) is 21.8 Å². The SMILES string of the molecule is COc1ccc(CCC2(C)NC(=O)N(CC(=O)NC(C)c3cccc(Cl)c3)C2=O)cc1. The van der Waals surface area contributed by atoms with Crippen molar-refractivity contribution in [3.05, 3.63) is 64.7 Å². The molecule has 31 heavy (non-hydrogen) atoms. The highest BCUT2D eigenvalue weighted by molar-refractivity contribution is 6.30. The van der Waals surface area contributed by atoms with Crippen molar-refractivity contribution in [2.45, 2.75) is 38.3 Å². The fraction of sp³-hybridized carbons (Fsp3) is 0.348. The zero-order chi connectivity index (χ0) is 22.6. The number of carbonyl (C=O) groups is 3. The number of rotatable bonds is 8. The van der Waals surface area contributed by atoms with Crippen molar-refractivity contribution >= 4 is 29.4 Å². The summed E-state index contributed by atoms with van der Waals surface area (Å²) in [5.74, 6) is -0.0728. The van der Waals surface area contributed by atoms with Gasteiger partial charge in [0, 0.05) is 5.02 Å². The van der Waals surface area contributed by atoms with Gasteiger partial charge in [-0.2, -0.15) is 0 Å². The summed E-state index contributed by atoms with van der Waals surface area (Å²) in [6.07, 6.45) is 1.01. The van der Waals surface area contributed by atoms with Crippen molar-refractivity contribution < 1.29 is 19.1 Å². The molecule has 0 spiro atoms. The standard InChI is InChI=1S/C23H26ClN3O4/c1-15(17-5-4-6-18(24)13-17)25-20(28)14-27-21(29)23(2,26-22(27)30)12-11-16-7-9-19(31-3)10-8-16/h4-10,13,15H,11-12,14H2,1-3H3,(H,25,28)(H,26,30). The Morgan fingerprint density at radius 2 is 1.94 bits per heavy atom. The third-order valence-electron chi connectivity index (χ3n) is 5.45. The predicted octanol–water partition coefficient (Wildman–Crippen LogP) is 3.47. The van der Waals surface area contributed by atoms with Crippen LogP contribution in [-0.2, 0) is 16.0 Å². The number of imide groups is 1. The molecule has 164 valence electrons. The van der Waals surface area contributed by atoms with Gasteiger partial charge in [-0.1, -0.05) is 35.9 Å². The number of nitrogens with one attached hydrogen (secondary N) is 2. The fourth-order valence-electron chi connectivity index (χ4n) is 3.54. The molecule has 0 bridgehead atoms. The molecule has 4 amide bonds. The zero-order valence-electron chi connectivity index (χ0n) is 17.8. The number of hydrogen-bond acceptors (Lipinski definition) is 4. The van der Waals surface area contributed by atoms with Crippen molar-refractivity contribution in [3.63, 3.8) is 0 Å². The lowest BCUT2D eigenvalue weighted by Gasteiger charge is -2.22. The average Bonchev–Trinajstić information content (AvgIpc) is 2.96. The molecule has 3 rings (SSSR count). The molecule has 0 saturated carbocycles. The van der Waals surface area contributed by atoms with Gasteiger partial charge in [0.15, 0.2) is 0 Å². The summed E-state index contributed by atoms with van der Waals surface area (Å²) in [6.45, 7) is 3.16. The van der Waals surface area contributed by atoms with E-state index in [1.807, 2.05) is 37.3 Å². The van der Waals surface area contributed by atoms with Gasteiger partial charge >= 0.3 is 6.03 Å². The molecular weight excluding hydrogens is 418 g/mol. The van der Waals surface area contributed by atoms with E-state index < -0.39 is 23.4 Å². The molecule has 1 aliphatic heterocycles. The van der Waals surface area contributed by atoms with Crippen molar-refractivity contribution in [1.29, 1.82) is 0 Å². The molecule has 0 aromatic heterocycles. The Morgan fingerprint density at radius 3 is 2.58 bits per heavy atom. The second-order valence-electron chi connectivity index (χ2n) is 7.85. The fourth-order valence-corrected chi connectivity index (χ4v) is 3.74. The number of urea groups is 1. The van der Waals surface area contributed by atoms with Crippen LogP contribution in [0.15, 0.2) is 48.5 Å². The number of halogens is 1. The van der Waals surface area contributed by atoms with Gasteiger partial charge in [0.1, 0.15) is 17.8 Å². The molecule has 2 aromatic carbocycles. The second-order valence-corrected chi connectivity index (χ2v) is 8.28. The van der Waals surface area contributed by atoms with Crippen LogP contribution in [0.3, 0.4) is 0 Å². The summed E-state index contributed by atoms with van der Waals surface area (Å²) in [4.78, 5) is 38.8. The Morgan fingerprint density at radius 1 is 1.23 bits per heavy atom. The van der Waals surface area contributed by atoms with Crippen LogP contribution in [0, 0.1) is 0 Å². The third-order valence-corrected chi connectivity index (χ3v) is 5.68. The number of nitrogens with zero attached hydrogens (tertiary/aromatic N) is 1. The van der Waals surface area contributed by atoms with Crippen LogP contribution in [-0.4, -0.2) is 41.9 Å². The monoisotopic (exact) mass is 443 g/mol. The molecule has 1 aliphatic rings. The van der Waals surface area contributed by atoms with Crippen LogP contribution in [0.1, 0.15) is 37.4 Å². The number of amides is 4. The number of aryl methyl sites for hydroxylation is 1. The van der Waals surface area contributed by atoms with E-state index in [9.17, 15) is 14.4 Å². The maximum atomic E-state index is 12.9. The number of carbonyl (C=O) groups excluding carboxylic acids is 3. The van der Waals surface area contributed by atoms with Gasteiger partial charge in [0.25, 0.3) is 5.91 Å². The predicted molar refractivity (Wildman–Crippen MR) is 118 cm³/mol. The molecule has 7 nitrogen and oxygen atoms in total. The minimum Gasteiger partial charge on any atom is -0.497 e. The maximum absolute atomic E-state index is 12.9. The summed E-state index contributed by atoms with van der Waals surface area (Å²) in [7, 11) is 1.60. The van der Waals surface area contributed by atoms with Crippen molar-refractivity contribution in [3.8, 4) is 5.75 Å². The molecule has 2 atom stereocenters. The third kappa shape index (κ3) is 5.35. The molecule has 1 saturated heterocycles. The lowest BCUT2D eigenvalue weighted by Crippen LogP contribution is -2.45. The average molecular weight is 444 g/mol. The minimum absolute atomic E-state index is 0.312. The molecular formula is C23H26ClN3O4. The molecule has 8 heteroatoms. The zero-order valence-corrected chi connectivity index (χ0v) is 18.5. The highest BCUT2D eigenvalue weighted by Gasteiger charge is 2.47. The van der Waals surface area contributed by atoms with Gasteiger partial charge in [-0.25, -0.2) is 4.79 Å². The quantitative estimate of drug-likeness (QED) is 0.611. The summed E-state index contributed by atoms with van der Waals surface area (Å²) < 4.78 is 5.15. The van der Waals surface area contributed by atoms with Crippen LogP contribution in [0.2, 0.25) is 5.02 Å². The lowest BCUT2D eigenvalue weighted by molar-refractivity contribution is -0.134. The molecule has 2 unspecified atom stereocenters. The summed E-state index contributed by atoms with van der Waals surface area (Å²) >= 11 is 6.00. The first kappa shape index (κ1) is 22.6. The molecule has 0 aliphatic carbocycles. The van der Waals surface area contributed by atoms with E-state index in [1.165, 1.54) is 0 Å². The second kappa shape index (κ2) is 9.39. The normalized spacial score (nSPS) is 19.2. The topological polar surface area (TPSA) is 87.7 Å². The van der Waals surface area contributed by atoms with Gasteiger partial charge in [0.05, 0.1) is 13.2 Å². The Kier molecular flexibility index (Phi) is 6.85. The van der Waals surface area contributed by atoms with E-state index >= 15 is 0 Å².